The molecule has 4 nitrogen and oxygen atoms in total. The molecule has 0 aromatic carbocycles. The van der Waals surface area contributed by atoms with E-state index in [2.05, 4.69) is 4.90 Å². The molecule has 1 unspecified atom stereocenters. The first-order valence-electron chi connectivity index (χ1n) is 4.91. The van der Waals surface area contributed by atoms with Crippen LogP contribution in [0.1, 0.15) is 6.42 Å². The van der Waals surface area contributed by atoms with Crippen molar-refractivity contribution < 1.29 is 4.79 Å². The second-order valence-electron chi connectivity index (χ2n) is 4.12. The Hall–Kier alpha value is -0.610. The second-order valence-corrected chi connectivity index (χ2v) is 4.12. The molecule has 2 aliphatic rings. The van der Waals surface area contributed by atoms with Gasteiger partial charge in [0.15, 0.2) is 0 Å². The minimum atomic E-state index is 0.160. The fourth-order valence-corrected chi connectivity index (χ4v) is 2.16. The highest BCUT2D eigenvalue weighted by Crippen LogP contribution is 2.23. The number of carbonyl (C=O) groups excluding carboxylic acids is 1. The van der Waals surface area contributed by atoms with Crippen molar-refractivity contribution in [3.63, 3.8) is 0 Å². The zero-order chi connectivity index (χ0) is 9.42. The molecule has 1 amide bonds. The largest absolute Gasteiger partial charge is 0.344 e. The Kier molecular flexibility index (Phi) is 2.26. The summed E-state index contributed by atoms with van der Waals surface area (Å²) in [7, 11) is 1.88. The lowest BCUT2D eigenvalue weighted by Crippen LogP contribution is -2.56. The van der Waals surface area contributed by atoms with Gasteiger partial charge in [-0.3, -0.25) is 9.69 Å². The quantitative estimate of drug-likeness (QED) is 0.604. The van der Waals surface area contributed by atoms with Gasteiger partial charge in [-0.15, -0.1) is 0 Å². The molecular formula is C9H17N3O. The Balaban J connectivity index is 1.87. The Bertz CT molecular complexity index is 213. The van der Waals surface area contributed by atoms with E-state index < -0.39 is 0 Å². The fraction of sp³-hybridized carbons (Fsp3) is 0.889. The molecule has 2 heterocycles. The van der Waals surface area contributed by atoms with Gasteiger partial charge >= 0.3 is 0 Å². The SMILES string of the molecule is CN1CCC(N2CC(CN)C2)C1=O. The van der Waals surface area contributed by atoms with Crippen molar-refractivity contribution in [2.45, 2.75) is 12.5 Å². The van der Waals surface area contributed by atoms with Gasteiger partial charge in [-0.1, -0.05) is 0 Å². The predicted octanol–water partition coefficient (Wildman–Crippen LogP) is -0.892. The smallest absolute Gasteiger partial charge is 0.239 e. The molecule has 0 bridgehead atoms. The molecule has 0 saturated carbocycles. The zero-order valence-electron chi connectivity index (χ0n) is 8.07. The number of nitrogens with two attached hydrogens (primary N) is 1. The average molecular weight is 183 g/mol. The summed E-state index contributed by atoms with van der Waals surface area (Å²) in [6.07, 6.45) is 0.993. The molecule has 0 aliphatic carbocycles. The lowest BCUT2D eigenvalue weighted by Gasteiger charge is -2.41. The summed E-state index contributed by atoms with van der Waals surface area (Å²) < 4.78 is 0. The monoisotopic (exact) mass is 183 g/mol. The van der Waals surface area contributed by atoms with Gasteiger partial charge in [-0.2, -0.15) is 0 Å². The lowest BCUT2D eigenvalue weighted by molar-refractivity contribution is -0.133. The van der Waals surface area contributed by atoms with Crippen LogP contribution in [0.2, 0.25) is 0 Å². The normalized spacial score (nSPS) is 31.1. The van der Waals surface area contributed by atoms with E-state index in [4.69, 9.17) is 5.73 Å². The summed E-state index contributed by atoms with van der Waals surface area (Å²) in [4.78, 5) is 15.7. The standard InChI is InChI=1S/C9H17N3O/c1-11-3-2-8(9(11)13)12-5-7(4-10)6-12/h7-8H,2-6,10H2,1H3. The van der Waals surface area contributed by atoms with E-state index in [1.165, 1.54) is 0 Å². The van der Waals surface area contributed by atoms with Crippen LogP contribution < -0.4 is 5.73 Å². The first-order valence-corrected chi connectivity index (χ1v) is 4.91. The van der Waals surface area contributed by atoms with E-state index in [0.29, 0.717) is 5.92 Å². The van der Waals surface area contributed by atoms with E-state index >= 15 is 0 Å². The van der Waals surface area contributed by atoms with Crippen LogP contribution in [0.15, 0.2) is 0 Å². The third kappa shape index (κ3) is 1.44. The Labute approximate surface area is 78.7 Å². The van der Waals surface area contributed by atoms with Gasteiger partial charge in [-0.05, 0) is 18.9 Å². The van der Waals surface area contributed by atoms with Gasteiger partial charge in [0.2, 0.25) is 5.91 Å². The number of amides is 1. The summed E-state index contributed by atoms with van der Waals surface area (Å²) in [6.45, 7) is 3.70. The summed E-state index contributed by atoms with van der Waals surface area (Å²) in [5, 5.41) is 0. The molecule has 0 spiro atoms. The van der Waals surface area contributed by atoms with E-state index in [1.807, 2.05) is 11.9 Å². The minimum Gasteiger partial charge on any atom is -0.344 e. The topological polar surface area (TPSA) is 49.6 Å². The van der Waals surface area contributed by atoms with Crippen LogP contribution in [0.3, 0.4) is 0 Å². The van der Waals surface area contributed by atoms with E-state index in [9.17, 15) is 4.79 Å². The average Bonchev–Trinajstić information content (AvgIpc) is 2.34. The van der Waals surface area contributed by atoms with E-state index in [0.717, 1.165) is 32.6 Å². The van der Waals surface area contributed by atoms with Crippen LogP contribution in [0, 0.1) is 5.92 Å². The molecule has 2 N–H and O–H groups in total. The number of rotatable bonds is 2. The molecule has 4 heteroatoms. The number of likely N-dealkylation sites (tertiary alicyclic amines) is 2. The summed E-state index contributed by atoms with van der Waals surface area (Å²) in [5.74, 6) is 0.911. The molecule has 2 rings (SSSR count). The third-order valence-electron chi connectivity index (χ3n) is 3.16. The Morgan fingerprint density at radius 2 is 2.23 bits per heavy atom. The summed E-state index contributed by atoms with van der Waals surface area (Å²) >= 11 is 0. The summed E-state index contributed by atoms with van der Waals surface area (Å²) in [5.41, 5.74) is 5.53. The van der Waals surface area contributed by atoms with Crippen LogP contribution in [-0.2, 0) is 4.79 Å². The van der Waals surface area contributed by atoms with Gasteiger partial charge in [0.1, 0.15) is 0 Å². The Morgan fingerprint density at radius 1 is 1.54 bits per heavy atom. The number of likely N-dealkylation sites (N-methyl/N-ethyl adjacent to an activating group) is 1. The molecule has 2 aliphatic heterocycles. The van der Waals surface area contributed by atoms with E-state index in [-0.39, 0.29) is 11.9 Å². The number of nitrogens with zero attached hydrogens (tertiary/aromatic N) is 2. The highest BCUT2D eigenvalue weighted by molar-refractivity contribution is 5.83. The van der Waals surface area contributed by atoms with Crippen LogP contribution >= 0.6 is 0 Å². The Morgan fingerprint density at radius 3 is 2.69 bits per heavy atom. The van der Waals surface area contributed by atoms with Crippen molar-refractivity contribution in [1.82, 2.24) is 9.80 Å². The van der Waals surface area contributed by atoms with Gasteiger partial charge < -0.3 is 10.6 Å². The van der Waals surface area contributed by atoms with Gasteiger partial charge in [-0.25, -0.2) is 0 Å². The van der Waals surface area contributed by atoms with Gasteiger partial charge in [0, 0.05) is 26.7 Å². The molecule has 2 fully saturated rings. The third-order valence-corrected chi connectivity index (χ3v) is 3.16. The van der Waals surface area contributed by atoms with Gasteiger partial charge in [0.05, 0.1) is 6.04 Å². The van der Waals surface area contributed by atoms with Gasteiger partial charge in [0.25, 0.3) is 0 Å². The number of carbonyl (C=O) groups is 1. The van der Waals surface area contributed by atoms with Crippen LogP contribution in [0.5, 0.6) is 0 Å². The van der Waals surface area contributed by atoms with Crippen LogP contribution in [-0.4, -0.2) is 55.0 Å². The number of hydrogen-bond donors (Lipinski definition) is 1. The molecular weight excluding hydrogens is 166 g/mol. The van der Waals surface area contributed by atoms with Crippen molar-refractivity contribution in [2.24, 2.45) is 11.7 Å². The fourth-order valence-electron chi connectivity index (χ4n) is 2.16. The molecule has 0 radical (unpaired) electrons. The molecule has 0 aromatic rings. The van der Waals surface area contributed by atoms with Crippen molar-refractivity contribution >= 4 is 5.91 Å². The van der Waals surface area contributed by atoms with Crippen LogP contribution in [0.25, 0.3) is 0 Å². The highest BCUT2D eigenvalue weighted by Gasteiger charge is 2.39. The maximum absolute atomic E-state index is 11.6. The van der Waals surface area contributed by atoms with Crippen molar-refractivity contribution in [2.75, 3.05) is 33.2 Å². The molecule has 13 heavy (non-hydrogen) atoms. The summed E-state index contributed by atoms with van der Waals surface area (Å²) in [6, 6.07) is 0.160. The maximum atomic E-state index is 11.6. The molecule has 1 atom stereocenters. The zero-order valence-corrected chi connectivity index (χ0v) is 8.07. The first-order chi connectivity index (χ1) is 6.22. The highest BCUT2D eigenvalue weighted by atomic mass is 16.2. The van der Waals surface area contributed by atoms with Crippen LogP contribution in [0.4, 0.5) is 0 Å². The molecule has 74 valence electrons. The first kappa shape index (κ1) is 8.97. The van der Waals surface area contributed by atoms with Crippen molar-refractivity contribution in [3.8, 4) is 0 Å². The minimum absolute atomic E-state index is 0.160. The van der Waals surface area contributed by atoms with Crippen molar-refractivity contribution in [1.29, 1.82) is 0 Å². The predicted molar refractivity (Wildman–Crippen MR) is 50.2 cm³/mol. The maximum Gasteiger partial charge on any atom is 0.239 e. The molecule has 0 aromatic heterocycles. The van der Waals surface area contributed by atoms with Crippen molar-refractivity contribution in [3.05, 3.63) is 0 Å². The lowest BCUT2D eigenvalue weighted by atomic mass is 9.97. The second kappa shape index (κ2) is 3.27. The molecule has 2 saturated heterocycles. The number of hydrogen-bond acceptors (Lipinski definition) is 3. The van der Waals surface area contributed by atoms with E-state index in [1.54, 1.807) is 0 Å².